The number of nitrogens with zero attached hydrogens (tertiary/aromatic N) is 4. The van der Waals surface area contributed by atoms with Crippen LogP contribution in [-0.4, -0.2) is 26.9 Å². The molecule has 0 aliphatic rings. The standard InChI is InChI=1S/C18H15N5O/c1-24-15-9-7-13(8-10-15)22-17-16-11-21-23(18(16)20-12-19-17)14-5-3-2-4-6-14/h2-12H,1H3,(H,19,20,22). The maximum atomic E-state index is 5.18. The Hall–Kier alpha value is -3.41. The lowest BCUT2D eigenvalue weighted by Crippen LogP contribution is -1.99. The number of hydrogen-bond donors (Lipinski definition) is 1. The Labute approximate surface area is 138 Å². The highest BCUT2D eigenvalue weighted by molar-refractivity contribution is 5.89. The van der Waals surface area contributed by atoms with Gasteiger partial charge in [0.05, 0.1) is 24.4 Å². The molecule has 0 atom stereocenters. The fraction of sp³-hybridized carbons (Fsp3) is 0.0556. The van der Waals surface area contributed by atoms with Crippen molar-refractivity contribution in [2.45, 2.75) is 0 Å². The summed E-state index contributed by atoms with van der Waals surface area (Å²) in [6.07, 6.45) is 3.31. The van der Waals surface area contributed by atoms with Crippen molar-refractivity contribution in [1.29, 1.82) is 0 Å². The van der Waals surface area contributed by atoms with Crippen molar-refractivity contribution in [2.24, 2.45) is 0 Å². The lowest BCUT2D eigenvalue weighted by molar-refractivity contribution is 0.415. The number of aromatic nitrogens is 4. The summed E-state index contributed by atoms with van der Waals surface area (Å²) in [4.78, 5) is 8.72. The molecule has 2 aromatic heterocycles. The van der Waals surface area contributed by atoms with Gasteiger partial charge in [-0.3, -0.25) is 0 Å². The van der Waals surface area contributed by atoms with Crippen molar-refractivity contribution in [1.82, 2.24) is 19.7 Å². The van der Waals surface area contributed by atoms with E-state index in [1.165, 1.54) is 6.33 Å². The molecule has 2 aromatic carbocycles. The molecule has 6 heteroatoms. The first-order valence-corrected chi connectivity index (χ1v) is 7.50. The van der Waals surface area contributed by atoms with E-state index in [1.54, 1.807) is 18.0 Å². The summed E-state index contributed by atoms with van der Waals surface area (Å²) >= 11 is 0. The van der Waals surface area contributed by atoms with Crippen LogP contribution in [0.15, 0.2) is 67.1 Å². The van der Waals surface area contributed by atoms with Gasteiger partial charge >= 0.3 is 0 Å². The fourth-order valence-electron chi connectivity index (χ4n) is 2.51. The molecule has 0 radical (unpaired) electrons. The second-order valence-electron chi connectivity index (χ2n) is 5.20. The van der Waals surface area contributed by atoms with E-state index in [1.807, 2.05) is 54.6 Å². The normalized spacial score (nSPS) is 10.7. The summed E-state index contributed by atoms with van der Waals surface area (Å²) in [5.74, 6) is 1.53. The summed E-state index contributed by atoms with van der Waals surface area (Å²) in [5.41, 5.74) is 2.64. The topological polar surface area (TPSA) is 64.9 Å². The molecule has 1 N–H and O–H groups in total. The molecule has 4 aromatic rings. The monoisotopic (exact) mass is 317 g/mol. The van der Waals surface area contributed by atoms with Crippen molar-refractivity contribution >= 4 is 22.5 Å². The van der Waals surface area contributed by atoms with E-state index >= 15 is 0 Å². The lowest BCUT2D eigenvalue weighted by atomic mass is 10.3. The van der Waals surface area contributed by atoms with E-state index in [2.05, 4.69) is 20.4 Å². The predicted octanol–water partition coefficient (Wildman–Crippen LogP) is 3.57. The van der Waals surface area contributed by atoms with Gasteiger partial charge in [0.1, 0.15) is 17.9 Å². The minimum Gasteiger partial charge on any atom is -0.497 e. The van der Waals surface area contributed by atoms with Gasteiger partial charge in [-0.1, -0.05) is 18.2 Å². The molecule has 0 unspecified atom stereocenters. The second kappa shape index (κ2) is 6.00. The molecule has 0 aliphatic heterocycles. The molecule has 6 nitrogen and oxygen atoms in total. The van der Waals surface area contributed by atoms with E-state index in [0.717, 1.165) is 28.2 Å². The highest BCUT2D eigenvalue weighted by Crippen LogP contribution is 2.25. The Morgan fingerprint density at radius 3 is 2.50 bits per heavy atom. The van der Waals surface area contributed by atoms with Crippen LogP contribution in [0, 0.1) is 0 Å². The lowest BCUT2D eigenvalue weighted by Gasteiger charge is -2.07. The molecule has 0 spiro atoms. The van der Waals surface area contributed by atoms with Gasteiger partial charge in [0.25, 0.3) is 0 Å². The smallest absolute Gasteiger partial charge is 0.168 e. The summed E-state index contributed by atoms with van der Waals surface area (Å²) in [7, 11) is 1.65. The first-order chi connectivity index (χ1) is 11.8. The molecule has 0 saturated heterocycles. The van der Waals surface area contributed by atoms with Crippen molar-refractivity contribution in [3.05, 3.63) is 67.1 Å². The highest BCUT2D eigenvalue weighted by Gasteiger charge is 2.11. The Morgan fingerprint density at radius 2 is 1.75 bits per heavy atom. The molecule has 0 aliphatic carbocycles. The number of para-hydroxylation sites is 1. The number of benzene rings is 2. The zero-order valence-corrected chi connectivity index (χ0v) is 13.0. The van der Waals surface area contributed by atoms with Crippen molar-refractivity contribution in [2.75, 3.05) is 12.4 Å². The average Bonchev–Trinajstić information content (AvgIpc) is 3.08. The Balaban J connectivity index is 1.73. The third-order valence-corrected chi connectivity index (χ3v) is 3.72. The zero-order valence-electron chi connectivity index (χ0n) is 13.0. The van der Waals surface area contributed by atoms with Crippen LogP contribution in [0.5, 0.6) is 5.75 Å². The SMILES string of the molecule is COc1ccc(Nc2ncnc3c2cnn3-c2ccccc2)cc1. The molecule has 4 rings (SSSR count). The predicted molar refractivity (Wildman–Crippen MR) is 92.9 cm³/mol. The minimum atomic E-state index is 0.715. The second-order valence-corrected chi connectivity index (χ2v) is 5.20. The van der Waals surface area contributed by atoms with Crippen LogP contribution in [0.4, 0.5) is 11.5 Å². The largest absolute Gasteiger partial charge is 0.497 e. The van der Waals surface area contributed by atoms with Crippen LogP contribution in [0.25, 0.3) is 16.7 Å². The van der Waals surface area contributed by atoms with Gasteiger partial charge in [-0.15, -0.1) is 0 Å². The Bertz CT molecular complexity index is 964. The van der Waals surface area contributed by atoms with E-state index in [4.69, 9.17) is 4.74 Å². The van der Waals surface area contributed by atoms with E-state index in [0.29, 0.717) is 5.82 Å². The quantitative estimate of drug-likeness (QED) is 0.623. The summed E-state index contributed by atoms with van der Waals surface area (Å²) in [5, 5.41) is 8.61. The first-order valence-electron chi connectivity index (χ1n) is 7.50. The maximum Gasteiger partial charge on any atom is 0.168 e. The van der Waals surface area contributed by atoms with Crippen LogP contribution in [0.3, 0.4) is 0 Å². The van der Waals surface area contributed by atoms with E-state index in [9.17, 15) is 0 Å². The van der Waals surface area contributed by atoms with Gasteiger partial charge in [-0.2, -0.15) is 5.10 Å². The van der Waals surface area contributed by atoms with Crippen LogP contribution >= 0.6 is 0 Å². The molecule has 0 bridgehead atoms. The van der Waals surface area contributed by atoms with Crippen LogP contribution < -0.4 is 10.1 Å². The third kappa shape index (κ3) is 2.54. The molecular weight excluding hydrogens is 302 g/mol. The number of anilines is 2. The summed E-state index contributed by atoms with van der Waals surface area (Å²) in [6, 6.07) is 17.6. The van der Waals surface area contributed by atoms with E-state index in [-0.39, 0.29) is 0 Å². The molecule has 2 heterocycles. The number of ether oxygens (including phenoxy) is 1. The molecule has 0 saturated carbocycles. The first kappa shape index (κ1) is 14.2. The minimum absolute atomic E-state index is 0.715. The molecule has 0 amide bonds. The Kier molecular flexibility index (Phi) is 3.55. The zero-order chi connectivity index (χ0) is 16.4. The van der Waals surface area contributed by atoms with Gasteiger partial charge in [0.2, 0.25) is 0 Å². The molecule has 24 heavy (non-hydrogen) atoms. The van der Waals surface area contributed by atoms with Gasteiger partial charge in [-0.25, -0.2) is 14.6 Å². The number of hydrogen-bond acceptors (Lipinski definition) is 5. The number of methoxy groups -OCH3 is 1. The van der Waals surface area contributed by atoms with Crippen LogP contribution in [0.1, 0.15) is 0 Å². The maximum absolute atomic E-state index is 5.18. The van der Waals surface area contributed by atoms with E-state index < -0.39 is 0 Å². The number of fused-ring (bicyclic) bond motifs is 1. The van der Waals surface area contributed by atoms with Gasteiger partial charge < -0.3 is 10.1 Å². The average molecular weight is 317 g/mol. The van der Waals surface area contributed by atoms with Crippen molar-refractivity contribution in [3.8, 4) is 11.4 Å². The van der Waals surface area contributed by atoms with Gasteiger partial charge in [-0.05, 0) is 36.4 Å². The number of rotatable bonds is 4. The molecule has 0 fully saturated rings. The van der Waals surface area contributed by atoms with Crippen LogP contribution in [0.2, 0.25) is 0 Å². The van der Waals surface area contributed by atoms with Crippen molar-refractivity contribution < 1.29 is 4.74 Å². The highest BCUT2D eigenvalue weighted by atomic mass is 16.5. The Morgan fingerprint density at radius 1 is 0.958 bits per heavy atom. The van der Waals surface area contributed by atoms with Crippen LogP contribution in [-0.2, 0) is 0 Å². The summed E-state index contributed by atoms with van der Waals surface area (Å²) in [6.45, 7) is 0. The van der Waals surface area contributed by atoms with Gasteiger partial charge in [0.15, 0.2) is 5.65 Å². The molecule has 118 valence electrons. The van der Waals surface area contributed by atoms with Crippen molar-refractivity contribution in [3.63, 3.8) is 0 Å². The summed E-state index contributed by atoms with van der Waals surface area (Å²) < 4.78 is 6.98. The van der Waals surface area contributed by atoms with Gasteiger partial charge in [0, 0.05) is 5.69 Å². The fourth-order valence-corrected chi connectivity index (χ4v) is 2.51. The number of nitrogens with one attached hydrogen (secondary N) is 1. The third-order valence-electron chi connectivity index (χ3n) is 3.72. The molecular formula is C18H15N5O.